The molecule has 0 radical (unpaired) electrons. The monoisotopic (exact) mass is 332 g/mol. The van der Waals surface area contributed by atoms with Gasteiger partial charge < -0.3 is 15.1 Å². The number of furan rings is 1. The Morgan fingerprint density at radius 1 is 1.22 bits per heavy atom. The minimum absolute atomic E-state index is 0.0523. The number of carbonyl (C=O) groups excluding carboxylic acids is 1. The molecule has 122 valence electrons. The first-order chi connectivity index (χ1) is 11.0. The van der Waals surface area contributed by atoms with Crippen molar-refractivity contribution in [3.8, 4) is 11.3 Å². The third kappa shape index (κ3) is 3.08. The zero-order valence-electron chi connectivity index (χ0n) is 13.4. The number of nitrogens with zero attached hydrogens (tertiary/aromatic N) is 1. The second-order valence-electron chi connectivity index (χ2n) is 6.24. The summed E-state index contributed by atoms with van der Waals surface area (Å²) >= 11 is 5.92. The van der Waals surface area contributed by atoms with E-state index in [9.17, 15) is 4.79 Å². The van der Waals surface area contributed by atoms with Gasteiger partial charge in [0.2, 0.25) is 0 Å². The van der Waals surface area contributed by atoms with Crippen molar-refractivity contribution in [2.45, 2.75) is 45.2 Å². The number of piperidine rings is 1. The summed E-state index contributed by atoms with van der Waals surface area (Å²) in [5.41, 5.74) is 7.26. The van der Waals surface area contributed by atoms with Gasteiger partial charge in [-0.25, -0.2) is 0 Å². The van der Waals surface area contributed by atoms with Crippen LogP contribution in [-0.2, 0) is 0 Å². The van der Waals surface area contributed by atoms with E-state index >= 15 is 0 Å². The highest BCUT2D eigenvalue weighted by atomic mass is 35.5. The van der Waals surface area contributed by atoms with E-state index in [-0.39, 0.29) is 18.0 Å². The van der Waals surface area contributed by atoms with E-state index in [4.69, 9.17) is 21.8 Å². The molecule has 1 fully saturated rings. The summed E-state index contributed by atoms with van der Waals surface area (Å²) in [6.45, 7) is 4.18. The zero-order chi connectivity index (χ0) is 16.6. The van der Waals surface area contributed by atoms with Crippen LogP contribution in [0.1, 0.15) is 43.7 Å². The topological polar surface area (TPSA) is 59.5 Å². The first kappa shape index (κ1) is 15.9. The molecule has 0 spiro atoms. The van der Waals surface area contributed by atoms with Crippen LogP contribution in [0.15, 0.2) is 34.7 Å². The number of rotatable bonds is 2. The van der Waals surface area contributed by atoms with E-state index in [1.165, 1.54) is 0 Å². The fourth-order valence-corrected chi connectivity index (χ4v) is 3.48. The van der Waals surface area contributed by atoms with Gasteiger partial charge in [-0.1, -0.05) is 11.6 Å². The van der Waals surface area contributed by atoms with Crippen molar-refractivity contribution >= 4 is 23.2 Å². The summed E-state index contributed by atoms with van der Waals surface area (Å²) in [6, 6.07) is 9.21. The Bertz CT molecular complexity index is 716. The zero-order valence-corrected chi connectivity index (χ0v) is 14.1. The quantitative estimate of drug-likeness (QED) is 0.818. The molecule has 1 aromatic carbocycles. The molecule has 1 aromatic heterocycles. The third-order valence-electron chi connectivity index (χ3n) is 4.52. The maximum atomic E-state index is 12.8. The highest BCUT2D eigenvalue weighted by Crippen LogP contribution is 2.31. The van der Waals surface area contributed by atoms with Crippen LogP contribution in [-0.4, -0.2) is 22.9 Å². The van der Waals surface area contributed by atoms with Crippen molar-refractivity contribution in [2.24, 2.45) is 0 Å². The largest absolute Gasteiger partial charge is 0.451 e. The molecular formula is C18H21ClN2O2. The number of benzene rings is 1. The summed E-state index contributed by atoms with van der Waals surface area (Å²) in [6.07, 6.45) is 3.23. The second kappa shape index (κ2) is 6.28. The van der Waals surface area contributed by atoms with Crippen molar-refractivity contribution in [3.63, 3.8) is 0 Å². The summed E-state index contributed by atoms with van der Waals surface area (Å²) < 4.78 is 5.79. The molecule has 0 bridgehead atoms. The number of hydrogen-bond donors (Lipinski definition) is 1. The minimum Gasteiger partial charge on any atom is -0.451 e. The Morgan fingerprint density at radius 3 is 2.57 bits per heavy atom. The van der Waals surface area contributed by atoms with Gasteiger partial charge in [-0.3, -0.25) is 4.79 Å². The summed E-state index contributed by atoms with van der Waals surface area (Å²) in [7, 11) is 0. The number of nitrogen functional groups attached to an aromatic ring is 1. The van der Waals surface area contributed by atoms with Gasteiger partial charge in [0.05, 0.1) is 0 Å². The fourth-order valence-electron chi connectivity index (χ4n) is 3.30. The summed E-state index contributed by atoms with van der Waals surface area (Å²) in [4.78, 5) is 14.7. The predicted octanol–water partition coefficient (Wildman–Crippen LogP) is 4.59. The van der Waals surface area contributed by atoms with E-state index < -0.39 is 0 Å². The molecule has 2 aromatic rings. The Balaban J connectivity index is 1.88. The fraction of sp³-hybridized carbons (Fsp3) is 0.389. The van der Waals surface area contributed by atoms with Gasteiger partial charge in [0.1, 0.15) is 5.76 Å². The Morgan fingerprint density at radius 2 is 1.91 bits per heavy atom. The van der Waals surface area contributed by atoms with Crippen molar-refractivity contribution in [2.75, 3.05) is 5.73 Å². The number of carbonyl (C=O) groups is 1. The highest BCUT2D eigenvalue weighted by molar-refractivity contribution is 6.31. The lowest BCUT2D eigenvalue weighted by atomic mass is 9.97. The number of nitrogens with two attached hydrogens (primary N) is 1. The molecule has 1 aliphatic heterocycles. The lowest BCUT2D eigenvalue weighted by molar-refractivity contribution is 0.0479. The molecule has 0 unspecified atom stereocenters. The molecule has 1 saturated heterocycles. The maximum absolute atomic E-state index is 12.8. The van der Waals surface area contributed by atoms with Crippen molar-refractivity contribution < 1.29 is 9.21 Å². The molecule has 1 amide bonds. The average molecular weight is 333 g/mol. The first-order valence-electron chi connectivity index (χ1n) is 7.95. The standard InChI is InChI=1S/C18H21ClN2O2/c1-11-4-3-5-12(2)21(11)18(22)17-9-8-16(23-17)14-7-6-13(19)10-15(14)20/h6-12H,3-5,20H2,1-2H3/t11-,12-/m1/s1. The van der Waals surface area contributed by atoms with Gasteiger partial charge in [0.25, 0.3) is 5.91 Å². The van der Waals surface area contributed by atoms with E-state index in [2.05, 4.69) is 13.8 Å². The van der Waals surface area contributed by atoms with Crippen LogP contribution in [0.4, 0.5) is 5.69 Å². The van der Waals surface area contributed by atoms with Crippen LogP contribution >= 0.6 is 11.6 Å². The molecule has 5 heteroatoms. The smallest absolute Gasteiger partial charge is 0.290 e. The number of amides is 1. The molecule has 4 nitrogen and oxygen atoms in total. The Kier molecular flexibility index (Phi) is 4.35. The van der Waals surface area contributed by atoms with Gasteiger partial charge >= 0.3 is 0 Å². The van der Waals surface area contributed by atoms with Crippen LogP contribution in [0, 0.1) is 0 Å². The summed E-state index contributed by atoms with van der Waals surface area (Å²) in [5, 5.41) is 0.574. The average Bonchev–Trinajstić information content (AvgIpc) is 2.96. The Hall–Kier alpha value is -1.94. The van der Waals surface area contributed by atoms with Crippen molar-refractivity contribution in [3.05, 3.63) is 41.1 Å². The van der Waals surface area contributed by atoms with Crippen LogP contribution in [0.3, 0.4) is 0 Å². The van der Waals surface area contributed by atoms with Crippen LogP contribution in [0.5, 0.6) is 0 Å². The molecule has 23 heavy (non-hydrogen) atoms. The van der Waals surface area contributed by atoms with Gasteiger partial charge in [-0.15, -0.1) is 0 Å². The van der Waals surface area contributed by atoms with Crippen LogP contribution in [0.25, 0.3) is 11.3 Å². The van der Waals surface area contributed by atoms with E-state index in [1.54, 1.807) is 30.3 Å². The molecular weight excluding hydrogens is 312 g/mol. The lowest BCUT2D eigenvalue weighted by Gasteiger charge is -2.38. The molecule has 1 aliphatic rings. The van der Waals surface area contributed by atoms with Crippen LogP contribution in [0.2, 0.25) is 5.02 Å². The molecule has 2 heterocycles. The number of halogens is 1. The van der Waals surface area contributed by atoms with E-state index in [0.717, 1.165) is 24.8 Å². The predicted molar refractivity (Wildman–Crippen MR) is 92.5 cm³/mol. The first-order valence-corrected chi connectivity index (χ1v) is 8.33. The molecule has 2 atom stereocenters. The van der Waals surface area contributed by atoms with Gasteiger partial charge in [-0.2, -0.15) is 0 Å². The molecule has 0 saturated carbocycles. The SMILES string of the molecule is C[C@@H]1CCC[C@@H](C)N1C(=O)c1ccc(-c2ccc(Cl)cc2N)o1. The second-order valence-corrected chi connectivity index (χ2v) is 6.67. The number of hydrogen-bond acceptors (Lipinski definition) is 3. The number of likely N-dealkylation sites (tertiary alicyclic amines) is 1. The van der Waals surface area contributed by atoms with E-state index in [0.29, 0.717) is 22.2 Å². The van der Waals surface area contributed by atoms with Crippen molar-refractivity contribution in [1.29, 1.82) is 0 Å². The summed E-state index contributed by atoms with van der Waals surface area (Å²) in [5.74, 6) is 0.887. The minimum atomic E-state index is -0.0523. The van der Waals surface area contributed by atoms with E-state index in [1.807, 2.05) is 4.90 Å². The Labute approximate surface area is 141 Å². The van der Waals surface area contributed by atoms with Crippen LogP contribution < -0.4 is 5.73 Å². The number of anilines is 1. The normalized spacial score (nSPS) is 21.4. The van der Waals surface area contributed by atoms with Gasteiger partial charge in [0, 0.05) is 28.4 Å². The van der Waals surface area contributed by atoms with Gasteiger partial charge in [0.15, 0.2) is 5.76 Å². The molecule has 2 N–H and O–H groups in total. The molecule has 0 aliphatic carbocycles. The lowest BCUT2D eigenvalue weighted by Crippen LogP contribution is -2.47. The van der Waals surface area contributed by atoms with Crippen molar-refractivity contribution in [1.82, 2.24) is 4.90 Å². The molecule has 3 rings (SSSR count). The van der Waals surface area contributed by atoms with Gasteiger partial charge in [-0.05, 0) is 63.4 Å². The third-order valence-corrected chi connectivity index (χ3v) is 4.76. The maximum Gasteiger partial charge on any atom is 0.290 e. The highest BCUT2D eigenvalue weighted by Gasteiger charge is 2.31.